The lowest BCUT2D eigenvalue weighted by Crippen LogP contribution is -2.30. The van der Waals surface area contributed by atoms with Crippen molar-refractivity contribution < 1.29 is 24.5 Å². The number of nitrogens with zero attached hydrogens (tertiary/aromatic N) is 2. The average Bonchev–Trinajstić information content (AvgIpc) is 3.06. The molecule has 280 valence electrons. The molecule has 0 spiro atoms. The van der Waals surface area contributed by atoms with Crippen LogP contribution in [0.15, 0.2) is 12.2 Å². The molecule has 0 aromatic heterocycles. The Balaban J connectivity index is 0. The van der Waals surface area contributed by atoms with Crippen LogP contribution in [0.2, 0.25) is 0 Å². The molecule has 0 fully saturated rings. The van der Waals surface area contributed by atoms with E-state index in [1.807, 2.05) is 25.1 Å². The Labute approximate surface area is 296 Å². The first-order valence-corrected chi connectivity index (χ1v) is 20.5. The molecule has 7 nitrogen and oxygen atoms in total. The molecule has 0 aliphatic rings. The standard InChI is InChI=1S/C26H50N2O3S.C13H28O2/c1-5-7-9-11-12-13-18-23-31-25(29)19-15-14-17-21-28(20-16-10-8-6-2)26(30)32-24-22-27(3)4;1-3-5-7-9-11-13(15-14)12-10-8-6-4-2/h13,18H,5-12,14-17,19-24H2,1-4H3;13-14H,3-12H2,1-2H3/b18-13-;. The largest absolute Gasteiger partial charge is 0.461 e. The van der Waals surface area contributed by atoms with Crippen LogP contribution < -0.4 is 0 Å². The summed E-state index contributed by atoms with van der Waals surface area (Å²) in [6.45, 7) is 11.8. The van der Waals surface area contributed by atoms with Crippen LogP contribution in [0.3, 0.4) is 0 Å². The van der Waals surface area contributed by atoms with Gasteiger partial charge in [0.1, 0.15) is 6.61 Å². The normalized spacial score (nSPS) is 11.3. The minimum Gasteiger partial charge on any atom is -0.461 e. The van der Waals surface area contributed by atoms with Crippen molar-refractivity contribution in [3.05, 3.63) is 12.2 Å². The molecule has 8 heteroatoms. The second-order valence-electron chi connectivity index (χ2n) is 13.2. The summed E-state index contributed by atoms with van der Waals surface area (Å²) in [5, 5.41) is 8.94. The van der Waals surface area contributed by atoms with Crippen LogP contribution in [0.4, 0.5) is 4.79 Å². The summed E-state index contributed by atoms with van der Waals surface area (Å²) >= 11 is 1.43. The zero-order valence-corrected chi connectivity index (χ0v) is 32.7. The van der Waals surface area contributed by atoms with Gasteiger partial charge in [-0.15, -0.1) is 0 Å². The molecule has 47 heavy (non-hydrogen) atoms. The molecule has 0 saturated carbocycles. The van der Waals surface area contributed by atoms with Crippen molar-refractivity contribution in [1.29, 1.82) is 0 Å². The third-order valence-electron chi connectivity index (χ3n) is 8.25. The first-order valence-electron chi connectivity index (χ1n) is 19.5. The van der Waals surface area contributed by atoms with Crippen LogP contribution in [0.1, 0.15) is 175 Å². The van der Waals surface area contributed by atoms with Crippen molar-refractivity contribution in [2.24, 2.45) is 0 Å². The highest BCUT2D eigenvalue weighted by Gasteiger charge is 2.14. The van der Waals surface area contributed by atoms with E-state index in [0.717, 1.165) is 70.3 Å². The van der Waals surface area contributed by atoms with E-state index >= 15 is 0 Å². The number of ether oxygens (including phenoxy) is 1. The molecular formula is C39H78N2O5S. The van der Waals surface area contributed by atoms with Crippen LogP contribution >= 0.6 is 11.8 Å². The van der Waals surface area contributed by atoms with Gasteiger partial charge in [-0.1, -0.05) is 148 Å². The summed E-state index contributed by atoms with van der Waals surface area (Å²) in [6, 6.07) is 0. The van der Waals surface area contributed by atoms with Crippen LogP contribution in [0.25, 0.3) is 0 Å². The molecule has 1 amide bonds. The van der Waals surface area contributed by atoms with E-state index in [9.17, 15) is 9.59 Å². The molecule has 0 aromatic rings. The minimum absolute atomic E-state index is 0.0821. The van der Waals surface area contributed by atoms with Gasteiger partial charge in [0.2, 0.25) is 0 Å². The van der Waals surface area contributed by atoms with E-state index in [4.69, 9.17) is 9.99 Å². The van der Waals surface area contributed by atoms with Gasteiger partial charge in [-0.3, -0.25) is 14.8 Å². The molecule has 0 saturated heterocycles. The Kier molecular flexibility index (Phi) is 40.2. The summed E-state index contributed by atoms with van der Waals surface area (Å²) < 4.78 is 5.28. The van der Waals surface area contributed by atoms with Crippen LogP contribution in [-0.2, 0) is 14.4 Å². The molecule has 0 bridgehead atoms. The number of rotatable bonds is 32. The zero-order valence-electron chi connectivity index (χ0n) is 31.9. The third kappa shape index (κ3) is 37.6. The van der Waals surface area contributed by atoms with E-state index in [0.29, 0.717) is 13.0 Å². The highest BCUT2D eigenvalue weighted by atomic mass is 32.2. The molecule has 0 heterocycles. The molecule has 0 unspecified atom stereocenters. The van der Waals surface area contributed by atoms with Crippen molar-refractivity contribution in [3.8, 4) is 0 Å². The number of unbranched alkanes of at least 4 members (excludes halogenated alkanes) is 15. The van der Waals surface area contributed by atoms with Crippen molar-refractivity contribution >= 4 is 23.0 Å². The number of hydrogen-bond acceptors (Lipinski definition) is 7. The van der Waals surface area contributed by atoms with E-state index in [-0.39, 0.29) is 17.3 Å². The van der Waals surface area contributed by atoms with Crippen LogP contribution in [0.5, 0.6) is 0 Å². The SMILES string of the molecule is CCCCCC/C=C\COC(=O)CCCCCN(CCCCCC)C(=O)SCCN(C)C.CCCCCCC(CCCCCC)OO. The Morgan fingerprint density at radius 3 is 1.68 bits per heavy atom. The van der Waals surface area contributed by atoms with Crippen molar-refractivity contribution in [2.45, 2.75) is 181 Å². The first kappa shape index (κ1) is 48.0. The number of amides is 1. The fourth-order valence-corrected chi connectivity index (χ4v) is 6.11. The number of hydrogen-bond donors (Lipinski definition) is 1. The average molecular weight is 687 g/mol. The summed E-state index contributed by atoms with van der Waals surface area (Å²) in [5.41, 5.74) is 0. The van der Waals surface area contributed by atoms with Gasteiger partial charge >= 0.3 is 5.97 Å². The van der Waals surface area contributed by atoms with Gasteiger partial charge in [0, 0.05) is 31.8 Å². The van der Waals surface area contributed by atoms with Gasteiger partial charge in [0.25, 0.3) is 5.24 Å². The quantitative estimate of drug-likeness (QED) is 0.0248. The first-order chi connectivity index (χ1) is 22.9. The van der Waals surface area contributed by atoms with Crippen LogP contribution in [-0.4, -0.2) is 78.5 Å². The fraction of sp³-hybridized carbons (Fsp3) is 0.897. The van der Waals surface area contributed by atoms with E-state index in [1.54, 1.807) is 0 Å². The van der Waals surface area contributed by atoms with Crippen LogP contribution in [0, 0.1) is 0 Å². The molecule has 0 aliphatic carbocycles. The Bertz CT molecular complexity index is 680. The Morgan fingerprint density at radius 2 is 1.17 bits per heavy atom. The van der Waals surface area contributed by atoms with E-state index in [1.165, 1.54) is 108 Å². The van der Waals surface area contributed by atoms with Gasteiger partial charge in [0.15, 0.2) is 0 Å². The maximum Gasteiger partial charge on any atom is 0.306 e. The summed E-state index contributed by atoms with van der Waals surface area (Å²) in [7, 11) is 4.06. The predicted octanol–water partition coefficient (Wildman–Crippen LogP) is 11.7. The van der Waals surface area contributed by atoms with E-state index in [2.05, 4.69) is 43.6 Å². The van der Waals surface area contributed by atoms with Gasteiger partial charge in [-0.2, -0.15) is 0 Å². The second-order valence-corrected chi connectivity index (χ2v) is 14.3. The molecule has 1 N–H and O–H groups in total. The third-order valence-corrected chi connectivity index (χ3v) is 9.14. The molecule has 0 aliphatic heterocycles. The topological polar surface area (TPSA) is 79.3 Å². The highest BCUT2D eigenvalue weighted by Crippen LogP contribution is 2.15. The molecule has 0 rings (SSSR count). The lowest BCUT2D eigenvalue weighted by atomic mass is 10.0. The zero-order chi connectivity index (χ0) is 35.2. The molecular weight excluding hydrogens is 609 g/mol. The Hall–Kier alpha value is -1.09. The second kappa shape index (κ2) is 39.3. The van der Waals surface area contributed by atoms with Crippen molar-refractivity contribution in [1.82, 2.24) is 9.80 Å². The molecule has 0 aromatic carbocycles. The number of carbonyl (C=O) groups is 2. The summed E-state index contributed by atoms with van der Waals surface area (Å²) in [4.78, 5) is 33.1. The number of carbonyl (C=O) groups excluding carboxylic acids is 2. The van der Waals surface area contributed by atoms with Crippen molar-refractivity contribution in [3.63, 3.8) is 0 Å². The smallest absolute Gasteiger partial charge is 0.306 e. The highest BCUT2D eigenvalue weighted by molar-refractivity contribution is 8.13. The number of thioether (sulfide) groups is 1. The maximum absolute atomic E-state index is 12.6. The number of esters is 1. The van der Waals surface area contributed by atoms with Gasteiger partial charge in [-0.25, -0.2) is 4.89 Å². The lowest BCUT2D eigenvalue weighted by molar-refractivity contribution is -0.281. The summed E-state index contributed by atoms with van der Waals surface area (Å²) in [5.74, 6) is 0.712. The minimum atomic E-state index is -0.118. The predicted molar refractivity (Wildman–Crippen MR) is 204 cm³/mol. The van der Waals surface area contributed by atoms with Gasteiger partial charge in [-0.05, 0) is 59.0 Å². The summed E-state index contributed by atoms with van der Waals surface area (Å²) in [6.07, 6.45) is 30.2. The Morgan fingerprint density at radius 1 is 0.660 bits per heavy atom. The lowest BCUT2D eigenvalue weighted by Gasteiger charge is -2.22. The molecule has 0 radical (unpaired) electrons. The van der Waals surface area contributed by atoms with Crippen molar-refractivity contribution in [2.75, 3.05) is 46.1 Å². The maximum atomic E-state index is 12.6. The van der Waals surface area contributed by atoms with E-state index < -0.39 is 0 Å². The van der Waals surface area contributed by atoms with Gasteiger partial charge in [0.05, 0.1) is 6.10 Å². The number of allylic oxidation sites excluding steroid dienone is 1. The van der Waals surface area contributed by atoms with Gasteiger partial charge < -0.3 is 14.5 Å². The molecule has 0 atom stereocenters. The fourth-order valence-electron chi connectivity index (χ4n) is 5.11. The monoisotopic (exact) mass is 687 g/mol.